The van der Waals surface area contributed by atoms with Crippen LogP contribution in [-0.2, 0) is 26.0 Å². The number of piperidine rings is 1. The van der Waals surface area contributed by atoms with E-state index in [9.17, 15) is 18.0 Å². The van der Waals surface area contributed by atoms with Gasteiger partial charge in [-0.05, 0) is 61.6 Å². The van der Waals surface area contributed by atoms with Crippen molar-refractivity contribution in [3.8, 4) is 0 Å². The summed E-state index contributed by atoms with van der Waals surface area (Å²) in [5.41, 5.74) is 3.11. The Morgan fingerprint density at radius 1 is 0.938 bits per heavy atom. The van der Waals surface area contributed by atoms with Gasteiger partial charge in [0.2, 0.25) is 21.8 Å². The first kappa shape index (κ1) is 23.6. The van der Waals surface area contributed by atoms with Gasteiger partial charge in [0, 0.05) is 30.2 Å². The first-order valence-electron chi connectivity index (χ1n) is 10.9. The van der Waals surface area contributed by atoms with Crippen LogP contribution in [0.5, 0.6) is 0 Å². The van der Waals surface area contributed by atoms with E-state index in [4.69, 9.17) is 0 Å². The lowest BCUT2D eigenvalue weighted by atomic mass is 10.1. The number of hydrogen-bond acceptors (Lipinski definition) is 5. The molecule has 0 radical (unpaired) electrons. The summed E-state index contributed by atoms with van der Waals surface area (Å²) in [7, 11) is -3.90. The van der Waals surface area contributed by atoms with Gasteiger partial charge in [0.05, 0.1) is 6.54 Å². The van der Waals surface area contributed by atoms with Gasteiger partial charge in [-0.25, -0.2) is 8.42 Å². The molecule has 0 atom stereocenters. The van der Waals surface area contributed by atoms with Gasteiger partial charge in [-0.1, -0.05) is 25.1 Å². The number of nitrogens with zero attached hydrogens (tertiary/aromatic N) is 1. The number of sulfonamides is 1. The van der Waals surface area contributed by atoms with Crippen molar-refractivity contribution in [2.45, 2.75) is 32.6 Å². The molecule has 2 amide bonds. The van der Waals surface area contributed by atoms with Crippen molar-refractivity contribution in [2.75, 3.05) is 40.3 Å². The largest absolute Gasteiger partial charge is 0.372 e. The van der Waals surface area contributed by atoms with Crippen LogP contribution in [-0.4, -0.2) is 45.6 Å². The van der Waals surface area contributed by atoms with E-state index in [2.05, 4.69) is 20.3 Å². The van der Waals surface area contributed by atoms with Crippen molar-refractivity contribution < 1.29 is 18.0 Å². The minimum atomic E-state index is -3.90. The zero-order valence-electron chi connectivity index (χ0n) is 18.3. The summed E-state index contributed by atoms with van der Waals surface area (Å²) in [5.74, 6) is -1.93. The summed E-state index contributed by atoms with van der Waals surface area (Å²) in [6.45, 7) is 3.68. The van der Waals surface area contributed by atoms with E-state index >= 15 is 0 Å². The summed E-state index contributed by atoms with van der Waals surface area (Å²) in [6.07, 6.45) is 4.31. The van der Waals surface area contributed by atoms with E-state index in [1.54, 1.807) is 18.2 Å². The van der Waals surface area contributed by atoms with E-state index in [1.165, 1.54) is 6.42 Å². The molecule has 3 N–H and O–H groups in total. The Labute approximate surface area is 189 Å². The van der Waals surface area contributed by atoms with Crippen LogP contribution in [0, 0.1) is 0 Å². The molecule has 32 heavy (non-hydrogen) atoms. The third-order valence-electron chi connectivity index (χ3n) is 5.30. The van der Waals surface area contributed by atoms with Gasteiger partial charge in [-0.3, -0.25) is 14.3 Å². The molecule has 1 aliphatic heterocycles. The summed E-state index contributed by atoms with van der Waals surface area (Å²) >= 11 is 0. The Balaban J connectivity index is 1.47. The van der Waals surface area contributed by atoms with E-state index < -0.39 is 27.6 Å². The molecule has 1 fully saturated rings. The fraction of sp³-hybridized carbons (Fsp3) is 0.391. The number of carbonyl (C=O) groups is 2. The zero-order chi connectivity index (χ0) is 23.0. The van der Waals surface area contributed by atoms with Crippen LogP contribution in [0.15, 0.2) is 48.5 Å². The van der Waals surface area contributed by atoms with Gasteiger partial charge < -0.3 is 15.5 Å². The smallest absolute Gasteiger partial charge is 0.243 e. The van der Waals surface area contributed by atoms with Gasteiger partial charge >= 0.3 is 0 Å². The molecule has 2 aromatic rings. The maximum absolute atomic E-state index is 12.3. The maximum atomic E-state index is 12.3. The van der Waals surface area contributed by atoms with E-state index in [-0.39, 0.29) is 6.54 Å². The fourth-order valence-corrected chi connectivity index (χ4v) is 4.67. The molecule has 0 aromatic heterocycles. The molecule has 1 saturated heterocycles. The van der Waals surface area contributed by atoms with Crippen molar-refractivity contribution in [1.82, 2.24) is 5.32 Å². The number of carbonyl (C=O) groups excluding carboxylic acids is 2. The SMILES string of the molecule is CCc1ccccc1NC(=O)CNC(=O)CS(=O)(=O)Nc1ccc(N2CCCCC2)cc1. The minimum absolute atomic E-state index is 0.309. The Hall–Kier alpha value is -3.07. The van der Waals surface area contributed by atoms with Crippen molar-refractivity contribution >= 4 is 38.9 Å². The fourth-order valence-electron chi connectivity index (χ4n) is 3.66. The Morgan fingerprint density at radius 3 is 2.31 bits per heavy atom. The van der Waals surface area contributed by atoms with Crippen LogP contribution < -0.4 is 20.3 Å². The number of para-hydroxylation sites is 1. The monoisotopic (exact) mass is 458 g/mol. The standard InChI is InChI=1S/C23H30N4O4S/c1-2-18-8-4-5-9-21(18)25-22(28)16-24-23(29)17-32(30,31)26-19-10-12-20(13-11-19)27-14-6-3-7-15-27/h4-5,8-13,26H,2-3,6-7,14-17H2,1H3,(H,24,29)(H,25,28). The summed E-state index contributed by atoms with van der Waals surface area (Å²) in [6, 6.07) is 14.5. The highest BCUT2D eigenvalue weighted by atomic mass is 32.2. The molecule has 3 rings (SSSR count). The van der Waals surface area contributed by atoms with Gasteiger partial charge in [-0.15, -0.1) is 0 Å². The average Bonchev–Trinajstić information content (AvgIpc) is 2.78. The lowest BCUT2D eigenvalue weighted by molar-refractivity contribution is -0.122. The van der Waals surface area contributed by atoms with Crippen LogP contribution in [0.1, 0.15) is 31.7 Å². The van der Waals surface area contributed by atoms with Crippen LogP contribution >= 0.6 is 0 Å². The highest BCUT2D eigenvalue weighted by Crippen LogP contribution is 2.22. The number of anilines is 3. The van der Waals surface area contributed by atoms with Crippen molar-refractivity contribution in [3.63, 3.8) is 0 Å². The molecule has 0 unspecified atom stereocenters. The quantitative estimate of drug-likeness (QED) is 0.536. The van der Waals surface area contributed by atoms with Crippen LogP contribution in [0.2, 0.25) is 0 Å². The van der Waals surface area contributed by atoms with E-state index in [0.717, 1.165) is 43.6 Å². The molecule has 8 nitrogen and oxygen atoms in total. The summed E-state index contributed by atoms with van der Waals surface area (Å²) in [4.78, 5) is 26.5. The lowest BCUT2D eigenvalue weighted by Crippen LogP contribution is -2.37. The number of rotatable bonds is 9. The lowest BCUT2D eigenvalue weighted by Gasteiger charge is -2.28. The number of benzene rings is 2. The Kier molecular flexibility index (Phi) is 8.10. The molecule has 1 heterocycles. The van der Waals surface area contributed by atoms with Gasteiger partial charge in [-0.2, -0.15) is 0 Å². The minimum Gasteiger partial charge on any atom is -0.372 e. The van der Waals surface area contributed by atoms with Crippen LogP contribution in [0.3, 0.4) is 0 Å². The second kappa shape index (κ2) is 11.0. The van der Waals surface area contributed by atoms with Crippen molar-refractivity contribution in [1.29, 1.82) is 0 Å². The molecular weight excluding hydrogens is 428 g/mol. The number of aryl methyl sites for hydroxylation is 1. The zero-order valence-corrected chi connectivity index (χ0v) is 19.1. The maximum Gasteiger partial charge on any atom is 0.243 e. The number of nitrogens with one attached hydrogen (secondary N) is 3. The second-order valence-electron chi connectivity index (χ2n) is 7.79. The molecule has 172 valence electrons. The first-order chi connectivity index (χ1) is 15.4. The number of hydrogen-bond donors (Lipinski definition) is 3. The summed E-state index contributed by atoms with van der Waals surface area (Å²) < 4.78 is 27.1. The molecular formula is C23H30N4O4S. The van der Waals surface area contributed by atoms with Crippen molar-refractivity contribution in [2.24, 2.45) is 0 Å². The molecule has 0 spiro atoms. The van der Waals surface area contributed by atoms with Gasteiger partial charge in [0.15, 0.2) is 0 Å². The summed E-state index contributed by atoms with van der Waals surface area (Å²) in [5, 5.41) is 5.09. The van der Waals surface area contributed by atoms with Crippen LogP contribution in [0.4, 0.5) is 17.1 Å². The predicted octanol–water partition coefficient (Wildman–Crippen LogP) is 2.74. The normalized spacial score (nSPS) is 14.0. The van der Waals surface area contributed by atoms with Crippen molar-refractivity contribution in [3.05, 3.63) is 54.1 Å². The molecule has 9 heteroatoms. The predicted molar refractivity (Wildman–Crippen MR) is 127 cm³/mol. The first-order valence-corrected chi connectivity index (χ1v) is 12.5. The number of amides is 2. The third-order valence-corrected chi connectivity index (χ3v) is 6.49. The van der Waals surface area contributed by atoms with E-state index in [1.807, 2.05) is 37.3 Å². The topological polar surface area (TPSA) is 108 Å². The van der Waals surface area contributed by atoms with E-state index in [0.29, 0.717) is 11.4 Å². The molecule has 2 aromatic carbocycles. The molecule has 0 bridgehead atoms. The Bertz CT molecular complexity index is 1030. The van der Waals surface area contributed by atoms with Crippen LogP contribution in [0.25, 0.3) is 0 Å². The van der Waals surface area contributed by atoms with Gasteiger partial charge in [0.25, 0.3) is 0 Å². The molecule has 0 aliphatic carbocycles. The molecule has 1 aliphatic rings. The Morgan fingerprint density at radius 2 is 1.62 bits per heavy atom. The second-order valence-corrected chi connectivity index (χ2v) is 9.51. The van der Waals surface area contributed by atoms with Gasteiger partial charge in [0.1, 0.15) is 5.75 Å². The molecule has 0 saturated carbocycles. The third kappa shape index (κ3) is 6.98. The average molecular weight is 459 g/mol. The highest BCUT2D eigenvalue weighted by molar-refractivity contribution is 7.93. The highest BCUT2D eigenvalue weighted by Gasteiger charge is 2.18.